The second kappa shape index (κ2) is 10.4. The molecule has 5 nitrogen and oxygen atoms in total. The monoisotopic (exact) mass is 379 g/mol. The van der Waals surface area contributed by atoms with Crippen LogP contribution in [0.2, 0.25) is 5.02 Å². The maximum atomic E-state index is 13.3. The summed E-state index contributed by atoms with van der Waals surface area (Å²) in [5.74, 6) is -0.972. The molecule has 0 unspecified atom stereocenters. The summed E-state index contributed by atoms with van der Waals surface area (Å²) in [6.45, 7) is 0.451. The summed E-state index contributed by atoms with van der Waals surface area (Å²) in [6.07, 6.45) is 0.618. The maximum absolute atomic E-state index is 13.3. The van der Waals surface area contributed by atoms with Gasteiger partial charge >= 0.3 is 5.97 Å². The SMILES string of the molecule is O=C(CCCNC(=O)c1ccc(Cl)cc1)OCCOc1ccccc1F. The van der Waals surface area contributed by atoms with Gasteiger partial charge in [0.2, 0.25) is 0 Å². The first-order valence-electron chi connectivity index (χ1n) is 8.13. The lowest BCUT2D eigenvalue weighted by Gasteiger charge is -2.08. The lowest BCUT2D eigenvalue weighted by atomic mass is 10.2. The van der Waals surface area contributed by atoms with Gasteiger partial charge in [0, 0.05) is 23.6 Å². The van der Waals surface area contributed by atoms with E-state index in [9.17, 15) is 14.0 Å². The molecule has 0 atom stereocenters. The number of nitrogens with one attached hydrogen (secondary N) is 1. The first kappa shape index (κ1) is 19.7. The topological polar surface area (TPSA) is 64.6 Å². The first-order chi connectivity index (χ1) is 12.6. The van der Waals surface area contributed by atoms with Crippen molar-refractivity contribution < 1.29 is 23.5 Å². The minimum atomic E-state index is -0.463. The third-order valence-corrected chi connectivity index (χ3v) is 3.64. The van der Waals surface area contributed by atoms with Gasteiger partial charge in [-0.1, -0.05) is 23.7 Å². The van der Waals surface area contributed by atoms with Crippen LogP contribution in [0, 0.1) is 5.82 Å². The van der Waals surface area contributed by atoms with Crippen LogP contribution in [-0.2, 0) is 9.53 Å². The number of para-hydroxylation sites is 1. The van der Waals surface area contributed by atoms with Crippen LogP contribution >= 0.6 is 11.6 Å². The highest BCUT2D eigenvalue weighted by Gasteiger charge is 2.07. The summed E-state index contributed by atoms with van der Waals surface area (Å²) in [6, 6.07) is 12.5. The van der Waals surface area contributed by atoms with Crippen LogP contribution in [-0.4, -0.2) is 31.6 Å². The summed E-state index contributed by atoms with van der Waals surface area (Å²) in [7, 11) is 0. The smallest absolute Gasteiger partial charge is 0.305 e. The zero-order valence-electron chi connectivity index (χ0n) is 14.0. The largest absolute Gasteiger partial charge is 0.487 e. The van der Waals surface area contributed by atoms with E-state index in [4.69, 9.17) is 21.1 Å². The van der Waals surface area contributed by atoms with Crippen molar-refractivity contribution in [2.75, 3.05) is 19.8 Å². The molecule has 1 N–H and O–H groups in total. The van der Waals surface area contributed by atoms with E-state index < -0.39 is 11.8 Å². The van der Waals surface area contributed by atoms with Gasteiger partial charge in [-0.05, 0) is 42.8 Å². The van der Waals surface area contributed by atoms with Crippen LogP contribution in [0.4, 0.5) is 4.39 Å². The quantitative estimate of drug-likeness (QED) is 0.534. The molecule has 1 amide bonds. The molecule has 0 saturated carbocycles. The fourth-order valence-corrected chi connectivity index (χ4v) is 2.21. The van der Waals surface area contributed by atoms with Crippen molar-refractivity contribution in [1.82, 2.24) is 5.32 Å². The van der Waals surface area contributed by atoms with Gasteiger partial charge in [0.05, 0.1) is 0 Å². The highest BCUT2D eigenvalue weighted by molar-refractivity contribution is 6.30. The van der Waals surface area contributed by atoms with Crippen molar-refractivity contribution in [3.8, 4) is 5.75 Å². The number of benzene rings is 2. The minimum absolute atomic E-state index is 0.0320. The Morgan fingerprint density at radius 3 is 2.50 bits per heavy atom. The molecule has 2 aromatic carbocycles. The second-order valence-corrected chi connectivity index (χ2v) is 5.80. The molecule has 138 valence electrons. The first-order valence-corrected chi connectivity index (χ1v) is 8.51. The Labute approximate surface area is 156 Å². The van der Waals surface area contributed by atoms with E-state index in [1.165, 1.54) is 12.1 Å². The van der Waals surface area contributed by atoms with Crippen molar-refractivity contribution in [2.45, 2.75) is 12.8 Å². The fourth-order valence-electron chi connectivity index (χ4n) is 2.08. The summed E-state index contributed by atoms with van der Waals surface area (Å²) in [5.41, 5.74) is 0.502. The van der Waals surface area contributed by atoms with E-state index in [0.717, 1.165) is 0 Å². The maximum Gasteiger partial charge on any atom is 0.305 e. The van der Waals surface area contributed by atoms with Gasteiger partial charge in [-0.25, -0.2) is 4.39 Å². The third kappa shape index (κ3) is 6.72. The highest BCUT2D eigenvalue weighted by Crippen LogP contribution is 2.15. The number of carbonyl (C=O) groups is 2. The zero-order valence-corrected chi connectivity index (χ0v) is 14.8. The standard InChI is InChI=1S/C19H19ClFNO4/c20-15-9-7-14(8-10-15)19(24)22-11-3-6-18(23)26-13-12-25-17-5-2-1-4-16(17)21/h1-2,4-5,7-10H,3,6,11-13H2,(H,22,24). The molecule has 0 aliphatic rings. The molecule has 2 rings (SSSR count). The molecule has 0 aliphatic heterocycles. The Morgan fingerprint density at radius 2 is 1.77 bits per heavy atom. The van der Waals surface area contributed by atoms with Gasteiger partial charge < -0.3 is 14.8 Å². The van der Waals surface area contributed by atoms with Crippen LogP contribution < -0.4 is 10.1 Å². The molecule has 0 fully saturated rings. The number of hydrogen-bond acceptors (Lipinski definition) is 4. The van der Waals surface area contributed by atoms with Gasteiger partial charge in [-0.15, -0.1) is 0 Å². The Kier molecular flexibility index (Phi) is 7.89. The van der Waals surface area contributed by atoms with Crippen LogP contribution in [0.25, 0.3) is 0 Å². The number of hydrogen-bond donors (Lipinski definition) is 1. The molecular weight excluding hydrogens is 361 g/mol. The summed E-state index contributed by atoms with van der Waals surface area (Å²) in [4.78, 5) is 23.5. The van der Waals surface area contributed by atoms with Crippen molar-refractivity contribution in [2.24, 2.45) is 0 Å². The molecule has 0 heterocycles. The van der Waals surface area contributed by atoms with Gasteiger partial charge in [-0.3, -0.25) is 9.59 Å². The molecule has 0 saturated heterocycles. The molecule has 0 aromatic heterocycles. The predicted octanol–water partition coefficient (Wildman–Crippen LogP) is 3.61. The van der Waals surface area contributed by atoms with E-state index in [0.29, 0.717) is 23.6 Å². The molecule has 0 aliphatic carbocycles. The van der Waals surface area contributed by atoms with Gasteiger partial charge in [0.15, 0.2) is 11.6 Å². The van der Waals surface area contributed by atoms with E-state index in [2.05, 4.69) is 5.32 Å². The average molecular weight is 380 g/mol. The normalized spacial score (nSPS) is 10.2. The molecular formula is C19H19ClFNO4. The lowest BCUT2D eigenvalue weighted by molar-refractivity contribution is -0.144. The number of carbonyl (C=O) groups excluding carboxylic acids is 2. The van der Waals surface area contributed by atoms with Crippen LogP contribution in [0.15, 0.2) is 48.5 Å². The molecule has 0 bridgehead atoms. The summed E-state index contributed by atoms with van der Waals surface area (Å²) >= 11 is 5.76. The van der Waals surface area contributed by atoms with Crippen molar-refractivity contribution in [3.05, 3.63) is 64.9 Å². The fraction of sp³-hybridized carbons (Fsp3) is 0.263. The van der Waals surface area contributed by atoms with Crippen LogP contribution in [0.3, 0.4) is 0 Å². The Balaban J connectivity index is 1.55. The second-order valence-electron chi connectivity index (χ2n) is 5.37. The molecule has 7 heteroatoms. The summed E-state index contributed by atoms with van der Waals surface area (Å²) < 4.78 is 23.5. The van der Waals surface area contributed by atoms with Gasteiger partial charge in [-0.2, -0.15) is 0 Å². The van der Waals surface area contributed by atoms with Crippen molar-refractivity contribution in [3.63, 3.8) is 0 Å². The number of amides is 1. The number of ether oxygens (including phenoxy) is 2. The van der Waals surface area contributed by atoms with E-state index >= 15 is 0 Å². The minimum Gasteiger partial charge on any atom is -0.487 e. The molecule has 0 spiro atoms. The molecule has 0 radical (unpaired) electrons. The Hall–Kier alpha value is -2.60. The van der Waals surface area contributed by atoms with Crippen molar-refractivity contribution in [1.29, 1.82) is 0 Å². The van der Waals surface area contributed by atoms with E-state index in [1.807, 2.05) is 0 Å². The van der Waals surface area contributed by atoms with Gasteiger partial charge in [0.25, 0.3) is 5.91 Å². The summed E-state index contributed by atoms with van der Waals surface area (Å²) in [5, 5.41) is 3.27. The average Bonchev–Trinajstić information content (AvgIpc) is 2.64. The van der Waals surface area contributed by atoms with Crippen LogP contribution in [0.1, 0.15) is 23.2 Å². The number of rotatable bonds is 9. The Morgan fingerprint density at radius 1 is 1.04 bits per heavy atom. The zero-order chi connectivity index (χ0) is 18.8. The van der Waals surface area contributed by atoms with E-state index in [-0.39, 0.29) is 31.3 Å². The number of esters is 1. The van der Waals surface area contributed by atoms with E-state index in [1.54, 1.807) is 36.4 Å². The Bertz CT molecular complexity index is 737. The van der Waals surface area contributed by atoms with Crippen molar-refractivity contribution >= 4 is 23.5 Å². The van der Waals surface area contributed by atoms with Crippen LogP contribution in [0.5, 0.6) is 5.75 Å². The molecule has 2 aromatic rings. The molecule has 26 heavy (non-hydrogen) atoms. The predicted molar refractivity (Wildman–Crippen MR) is 95.9 cm³/mol. The number of halogens is 2. The highest BCUT2D eigenvalue weighted by atomic mass is 35.5. The third-order valence-electron chi connectivity index (χ3n) is 3.39. The lowest BCUT2D eigenvalue weighted by Crippen LogP contribution is -2.25. The van der Waals surface area contributed by atoms with Gasteiger partial charge in [0.1, 0.15) is 13.2 Å².